The van der Waals surface area contributed by atoms with Gasteiger partial charge in [-0.1, -0.05) is 19.1 Å². The monoisotopic (exact) mass is 282 g/mol. The minimum absolute atomic E-state index is 0.0235. The molecule has 0 saturated heterocycles. The summed E-state index contributed by atoms with van der Waals surface area (Å²) in [5.41, 5.74) is 2.23. The minimum Gasteiger partial charge on any atom is -0.481 e. The van der Waals surface area contributed by atoms with E-state index in [4.69, 9.17) is 5.11 Å². The molecular formula is C16H20F2O2. The molecule has 0 aromatic heterocycles. The summed E-state index contributed by atoms with van der Waals surface area (Å²) in [6.45, 7) is 1.56. The number of carboxylic acid groups (broad SMARTS) is 1. The largest absolute Gasteiger partial charge is 0.481 e. The van der Waals surface area contributed by atoms with E-state index < -0.39 is 24.2 Å². The number of aliphatic carboxylic acids is 1. The summed E-state index contributed by atoms with van der Waals surface area (Å²) in [5, 5.41) is 8.66. The van der Waals surface area contributed by atoms with E-state index >= 15 is 0 Å². The zero-order valence-corrected chi connectivity index (χ0v) is 11.7. The Balaban J connectivity index is 2.14. The van der Waals surface area contributed by atoms with Crippen LogP contribution in [-0.4, -0.2) is 11.1 Å². The molecule has 1 aromatic carbocycles. The maximum atomic E-state index is 14.2. The van der Waals surface area contributed by atoms with Crippen LogP contribution in [0.15, 0.2) is 18.2 Å². The summed E-state index contributed by atoms with van der Waals surface area (Å²) in [6, 6.07) is 4.92. The van der Waals surface area contributed by atoms with Crippen LogP contribution < -0.4 is 0 Å². The van der Waals surface area contributed by atoms with Gasteiger partial charge >= 0.3 is 5.97 Å². The number of aryl methyl sites for hydroxylation is 2. The maximum absolute atomic E-state index is 14.2. The molecule has 0 saturated carbocycles. The fraction of sp³-hybridized carbons (Fsp3) is 0.562. The third-order valence-electron chi connectivity index (χ3n) is 3.90. The lowest BCUT2D eigenvalue weighted by molar-refractivity contribution is -0.138. The first-order valence-electron chi connectivity index (χ1n) is 7.10. The third kappa shape index (κ3) is 3.56. The van der Waals surface area contributed by atoms with Gasteiger partial charge in [0.2, 0.25) is 0 Å². The fourth-order valence-corrected chi connectivity index (χ4v) is 2.89. The van der Waals surface area contributed by atoms with Crippen molar-refractivity contribution in [3.05, 3.63) is 34.9 Å². The van der Waals surface area contributed by atoms with Gasteiger partial charge in [-0.05, 0) is 48.8 Å². The highest BCUT2D eigenvalue weighted by Gasteiger charge is 2.34. The molecule has 1 N–H and O–H groups in total. The van der Waals surface area contributed by atoms with Gasteiger partial charge in [-0.3, -0.25) is 4.79 Å². The average molecular weight is 282 g/mol. The summed E-state index contributed by atoms with van der Waals surface area (Å²) in [6.07, 6.45) is 3.37. The van der Waals surface area contributed by atoms with Crippen LogP contribution in [0.4, 0.5) is 8.78 Å². The van der Waals surface area contributed by atoms with E-state index in [1.54, 1.807) is 19.1 Å². The molecule has 0 aliphatic heterocycles. The molecule has 0 bridgehead atoms. The number of carbonyl (C=O) groups is 1. The Bertz CT molecular complexity index is 497. The molecule has 0 fully saturated rings. The van der Waals surface area contributed by atoms with Gasteiger partial charge in [-0.25, -0.2) is 8.78 Å². The van der Waals surface area contributed by atoms with Gasteiger partial charge in [-0.15, -0.1) is 0 Å². The first-order chi connectivity index (χ1) is 9.38. The van der Waals surface area contributed by atoms with Gasteiger partial charge in [0.15, 0.2) is 0 Å². The number of benzene rings is 1. The van der Waals surface area contributed by atoms with E-state index in [0.717, 1.165) is 31.2 Å². The topological polar surface area (TPSA) is 37.3 Å². The second-order valence-corrected chi connectivity index (χ2v) is 5.80. The molecule has 0 radical (unpaired) electrons. The summed E-state index contributed by atoms with van der Waals surface area (Å²) in [5.74, 6) is -4.53. The number of alkyl halides is 2. The molecule has 1 aliphatic carbocycles. The van der Waals surface area contributed by atoms with E-state index in [2.05, 4.69) is 0 Å². The molecular weight excluding hydrogens is 262 g/mol. The number of fused-ring (bicyclic) bond motifs is 1. The average Bonchev–Trinajstić information content (AvgIpc) is 2.36. The van der Waals surface area contributed by atoms with Gasteiger partial charge in [-0.2, -0.15) is 0 Å². The van der Waals surface area contributed by atoms with Crippen molar-refractivity contribution in [2.75, 3.05) is 0 Å². The van der Waals surface area contributed by atoms with E-state index in [9.17, 15) is 13.6 Å². The molecule has 1 aromatic rings. The van der Waals surface area contributed by atoms with Crippen molar-refractivity contribution >= 4 is 5.97 Å². The van der Waals surface area contributed by atoms with E-state index in [0.29, 0.717) is 0 Å². The maximum Gasteiger partial charge on any atom is 0.303 e. The Labute approximate surface area is 117 Å². The lowest BCUT2D eigenvalue weighted by Crippen LogP contribution is -2.20. The first kappa shape index (κ1) is 14.9. The van der Waals surface area contributed by atoms with Crippen LogP contribution in [0.25, 0.3) is 0 Å². The molecule has 1 atom stereocenters. The minimum atomic E-state index is -2.96. The van der Waals surface area contributed by atoms with Crippen molar-refractivity contribution in [1.29, 1.82) is 0 Å². The van der Waals surface area contributed by atoms with Crippen molar-refractivity contribution in [2.24, 2.45) is 5.92 Å². The zero-order chi connectivity index (χ0) is 14.8. The van der Waals surface area contributed by atoms with Crippen LogP contribution in [0.5, 0.6) is 0 Å². The van der Waals surface area contributed by atoms with E-state index in [1.165, 1.54) is 11.6 Å². The van der Waals surface area contributed by atoms with Crippen LogP contribution >= 0.6 is 0 Å². The van der Waals surface area contributed by atoms with E-state index in [1.807, 2.05) is 0 Å². The van der Waals surface area contributed by atoms with E-state index in [-0.39, 0.29) is 12.0 Å². The number of rotatable bonds is 5. The Morgan fingerprint density at radius 3 is 2.60 bits per heavy atom. The lowest BCUT2D eigenvalue weighted by Gasteiger charge is -2.23. The Kier molecular flexibility index (Phi) is 4.41. The molecule has 0 heterocycles. The van der Waals surface area contributed by atoms with Gasteiger partial charge in [0.25, 0.3) is 5.92 Å². The summed E-state index contributed by atoms with van der Waals surface area (Å²) in [7, 11) is 0. The molecule has 2 nitrogen and oxygen atoms in total. The van der Waals surface area contributed by atoms with Gasteiger partial charge in [0.1, 0.15) is 0 Å². The van der Waals surface area contributed by atoms with Crippen LogP contribution in [0.1, 0.15) is 49.3 Å². The highest BCUT2D eigenvalue weighted by atomic mass is 19.3. The molecule has 2 rings (SSSR count). The quantitative estimate of drug-likeness (QED) is 0.880. The molecule has 1 unspecified atom stereocenters. The van der Waals surface area contributed by atoms with Gasteiger partial charge < -0.3 is 5.11 Å². The highest BCUT2D eigenvalue weighted by molar-refractivity contribution is 5.66. The molecule has 0 spiro atoms. The zero-order valence-electron chi connectivity index (χ0n) is 11.7. The number of carboxylic acids is 1. The molecule has 20 heavy (non-hydrogen) atoms. The number of hydrogen-bond donors (Lipinski definition) is 1. The number of halogens is 2. The first-order valence-corrected chi connectivity index (χ1v) is 7.10. The fourth-order valence-electron chi connectivity index (χ4n) is 2.89. The number of hydrogen-bond acceptors (Lipinski definition) is 1. The summed E-state index contributed by atoms with van der Waals surface area (Å²) in [4.78, 5) is 10.6. The lowest BCUT2D eigenvalue weighted by atomic mass is 9.87. The Morgan fingerprint density at radius 1 is 1.30 bits per heavy atom. The van der Waals surface area contributed by atoms with Crippen molar-refractivity contribution in [2.45, 2.75) is 51.4 Å². The molecule has 1 aliphatic rings. The SMILES string of the molecule is CC(CC(=O)O)CC(F)(F)c1ccc2c(c1)CCCC2. The third-order valence-corrected chi connectivity index (χ3v) is 3.90. The Hall–Kier alpha value is -1.45. The second-order valence-electron chi connectivity index (χ2n) is 5.80. The normalized spacial score (nSPS) is 16.6. The molecule has 110 valence electrons. The van der Waals surface area contributed by atoms with Crippen molar-refractivity contribution in [3.8, 4) is 0 Å². The Morgan fingerprint density at radius 2 is 1.95 bits per heavy atom. The van der Waals surface area contributed by atoms with Crippen molar-refractivity contribution < 1.29 is 18.7 Å². The van der Waals surface area contributed by atoms with Crippen LogP contribution in [0, 0.1) is 5.92 Å². The van der Waals surface area contributed by atoms with Crippen molar-refractivity contribution in [3.63, 3.8) is 0 Å². The van der Waals surface area contributed by atoms with Crippen LogP contribution in [-0.2, 0) is 23.6 Å². The molecule has 0 amide bonds. The summed E-state index contributed by atoms with van der Waals surface area (Å²) < 4.78 is 28.5. The smallest absolute Gasteiger partial charge is 0.303 e. The standard InChI is InChI=1S/C16H20F2O2/c1-11(8-15(19)20)10-16(17,18)14-7-6-12-4-2-3-5-13(12)9-14/h6-7,9,11H,2-5,8,10H2,1H3,(H,19,20). The van der Waals surface area contributed by atoms with Gasteiger partial charge in [0, 0.05) is 18.4 Å². The predicted molar refractivity (Wildman–Crippen MR) is 73.0 cm³/mol. The molecule has 4 heteroatoms. The van der Waals surface area contributed by atoms with Crippen LogP contribution in [0.3, 0.4) is 0 Å². The predicted octanol–water partition coefficient (Wildman–Crippen LogP) is 4.16. The van der Waals surface area contributed by atoms with Crippen molar-refractivity contribution in [1.82, 2.24) is 0 Å². The second kappa shape index (κ2) is 5.90. The highest BCUT2D eigenvalue weighted by Crippen LogP contribution is 2.37. The van der Waals surface area contributed by atoms with Gasteiger partial charge in [0.05, 0.1) is 0 Å². The van der Waals surface area contributed by atoms with Crippen LogP contribution in [0.2, 0.25) is 0 Å². The summed E-state index contributed by atoms with van der Waals surface area (Å²) >= 11 is 0.